The van der Waals surface area contributed by atoms with E-state index in [0.717, 1.165) is 55.8 Å². The number of carbonyl (C=O) groups excluding carboxylic acids is 2. The van der Waals surface area contributed by atoms with Gasteiger partial charge in [-0.2, -0.15) is 0 Å². The summed E-state index contributed by atoms with van der Waals surface area (Å²) in [6, 6.07) is 4.17. The third-order valence-corrected chi connectivity index (χ3v) is 9.04. The van der Waals surface area contributed by atoms with Gasteiger partial charge >= 0.3 is 5.97 Å². The van der Waals surface area contributed by atoms with E-state index in [0.29, 0.717) is 12.2 Å². The van der Waals surface area contributed by atoms with Gasteiger partial charge in [0.15, 0.2) is 17.6 Å². The summed E-state index contributed by atoms with van der Waals surface area (Å²) in [6.45, 7) is 4.13. The van der Waals surface area contributed by atoms with E-state index in [1.54, 1.807) is 21.2 Å². The number of methoxy groups -OCH3 is 1. The molecule has 9 nitrogen and oxygen atoms in total. The topological polar surface area (TPSA) is 80.8 Å². The van der Waals surface area contributed by atoms with E-state index in [-0.39, 0.29) is 36.5 Å². The van der Waals surface area contributed by atoms with Gasteiger partial charge in [0.25, 0.3) is 0 Å². The molecule has 208 valence electrons. The summed E-state index contributed by atoms with van der Waals surface area (Å²) in [5.41, 5.74) is 0.924. The molecule has 0 saturated carbocycles. The predicted octanol–water partition coefficient (Wildman–Crippen LogP) is 2.92. The first-order chi connectivity index (χ1) is 18.2. The first-order valence-corrected chi connectivity index (χ1v) is 13.7. The van der Waals surface area contributed by atoms with Crippen LogP contribution in [-0.4, -0.2) is 98.9 Å². The van der Waals surface area contributed by atoms with Gasteiger partial charge in [0.05, 0.1) is 25.0 Å². The molecular weight excluding hydrogens is 486 g/mol. The number of esters is 1. The summed E-state index contributed by atoms with van der Waals surface area (Å²) in [7, 11) is 8.78. The fourth-order valence-corrected chi connectivity index (χ4v) is 6.97. The Bertz CT molecular complexity index is 1130. The lowest BCUT2D eigenvalue weighted by Gasteiger charge is -2.41. The van der Waals surface area contributed by atoms with Crippen LogP contribution in [0.15, 0.2) is 24.0 Å². The van der Waals surface area contributed by atoms with Gasteiger partial charge < -0.3 is 23.8 Å². The standard InChI is InChI=1S/C29H41N3O6/c1-7-10-29(31(4)5,17-24(33)30(2)3)27(34)38-26-23(35-6)16-28-11-8-12-32(28)13-9-19-14-21-22(37-18-36-21)15-20(19)25(26)28/h14-16,25-26H,7-13,17-18H2,1-6H3/t25-,26-,28+,29-/m1/s1. The maximum Gasteiger partial charge on any atom is 0.327 e. The number of fused-ring (bicyclic) bond motifs is 3. The number of likely N-dealkylation sites (N-methyl/N-ethyl adjacent to an activating group) is 1. The highest BCUT2D eigenvalue weighted by atomic mass is 16.7. The second kappa shape index (κ2) is 10.1. The van der Waals surface area contributed by atoms with E-state index < -0.39 is 11.6 Å². The number of amides is 1. The van der Waals surface area contributed by atoms with Gasteiger partial charge in [-0.05, 0) is 75.7 Å². The van der Waals surface area contributed by atoms with Crippen LogP contribution in [0.4, 0.5) is 0 Å². The maximum atomic E-state index is 14.2. The van der Waals surface area contributed by atoms with Gasteiger partial charge in [0, 0.05) is 20.6 Å². The van der Waals surface area contributed by atoms with Crippen LogP contribution in [0.3, 0.4) is 0 Å². The van der Waals surface area contributed by atoms with Gasteiger partial charge in [-0.25, -0.2) is 0 Å². The Morgan fingerprint density at radius 3 is 2.55 bits per heavy atom. The fraction of sp³-hybridized carbons (Fsp3) is 0.655. The lowest BCUT2D eigenvalue weighted by atomic mass is 9.77. The number of carbonyl (C=O) groups is 2. The average molecular weight is 528 g/mol. The number of hydrogen-bond donors (Lipinski definition) is 0. The van der Waals surface area contributed by atoms with Crippen molar-refractivity contribution in [1.82, 2.24) is 14.7 Å². The largest absolute Gasteiger partial charge is 0.497 e. The van der Waals surface area contributed by atoms with E-state index >= 15 is 0 Å². The lowest BCUT2D eigenvalue weighted by Crippen LogP contribution is -2.56. The Hall–Kier alpha value is -2.78. The summed E-state index contributed by atoms with van der Waals surface area (Å²) in [5.74, 6) is 1.52. The Morgan fingerprint density at radius 1 is 1.16 bits per heavy atom. The second-order valence-corrected chi connectivity index (χ2v) is 11.4. The number of nitrogens with zero attached hydrogens (tertiary/aromatic N) is 3. The summed E-state index contributed by atoms with van der Waals surface area (Å²) in [4.78, 5) is 33.1. The molecule has 4 aliphatic rings. The normalized spacial score (nSPS) is 27.1. The van der Waals surface area contributed by atoms with Crippen molar-refractivity contribution < 1.29 is 28.5 Å². The molecule has 1 aromatic rings. The molecule has 1 aromatic carbocycles. The van der Waals surface area contributed by atoms with Gasteiger partial charge in [-0.1, -0.05) is 13.3 Å². The molecule has 0 radical (unpaired) electrons. The van der Waals surface area contributed by atoms with Crippen molar-refractivity contribution >= 4 is 11.9 Å². The third-order valence-electron chi connectivity index (χ3n) is 9.04. The SMILES string of the molecule is CCC[C@@](CC(=O)N(C)C)(C(=O)O[C@@H]1C(OC)=C[C@]23CCCN2CCc2cc4c(cc2[C@H]13)OCO4)N(C)C. The van der Waals surface area contributed by atoms with Crippen molar-refractivity contribution in [2.24, 2.45) is 0 Å². The van der Waals surface area contributed by atoms with E-state index in [9.17, 15) is 9.59 Å². The van der Waals surface area contributed by atoms with Crippen LogP contribution in [0.5, 0.6) is 11.5 Å². The minimum Gasteiger partial charge on any atom is -0.497 e. The number of hydrogen-bond acceptors (Lipinski definition) is 8. The number of benzene rings is 1. The molecule has 3 aliphatic heterocycles. The minimum absolute atomic E-state index is 0.0512. The summed E-state index contributed by atoms with van der Waals surface area (Å²) in [6.07, 6.45) is 5.79. The third kappa shape index (κ3) is 4.14. The van der Waals surface area contributed by atoms with E-state index in [2.05, 4.69) is 23.1 Å². The first kappa shape index (κ1) is 26.8. The lowest BCUT2D eigenvalue weighted by molar-refractivity contribution is -0.167. The molecule has 0 N–H and O–H groups in total. The monoisotopic (exact) mass is 527 g/mol. The second-order valence-electron chi connectivity index (χ2n) is 11.4. The molecule has 1 saturated heterocycles. The van der Waals surface area contributed by atoms with E-state index in [4.69, 9.17) is 18.9 Å². The molecule has 3 heterocycles. The van der Waals surface area contributed by atoms with Gasteiger partial charge in [0.1, 0.15) is 11.3 Å². The first-order valence-electron chi connectivity index (χ1n) is 13.7. The van der Waals surface area contributed by atoms with Crippen molar-refractivity contribution in [3.05, 3.63) is 35.1 Å². The number of ether oxygens (including phenoxy) is 4. The Kier molecular flexibility index (Phi) is 7.11. The zero-order valence-corrected chi connectivity index (χ0v) is 23.5. The molecule has 5 rings (SSSR count). The van der Waals surface area contributed by atoms with Gasteiger partial charge in [-0.3, -0.25) is 19.4 Å². The van der Waals surface area contributed by atoms with Crippen molar-refractivity contribution in [1.29, 1.82) is 0 Å². The Labute approximate surface area is 225 Å². The summed E-state index contributed by atoms with van der Waals surface area (Å²) < 4.78 is 23.9. The highest BCUT2D eigenvalue weighted by Crippen LogP contribution is 2.55. The van der Waals surface area contributed by atoms with E-state index in [1.807, 2.05) is 25.9 Å². The van der Waals surface area contributed by atoms with Crippen LogP contribution >= 0.6 is 0 Å². The van der Waals surface area contributed by atoms with Crippen LogP contribution < -0.4 is 9.47 Å². The molecule has 1 fully saturated rings. The van der Waals surface area contributed by atoms with Crippen LogP contribution in [-0.2, 0) is 25.5 Å². The van der Waals surface area contributed by atoms with Gasteiger partial charge in [0.2, 0.25) is 12.7 Å². The van der Waals surface area contributed by atoms with Gasteiger partial charge in [-0.15, -0.1) is 0 Å². The van der Waals surface area contributed by atoms with Crippen LogP contribution in [0.2, 0.25) is 0 Å². The molecule has 1 spiro atoms. The number of rotatable bonds is 8. The Morgan fingerprint density at radius 2 is 1.89 bits per heavy atom. The highest BCUT2D eigenvalue weighted by Gasteiger charge is 2.59. The van der Waals surface area contributed by atoms with Crippen molar-refractivity contribution in [2.75, 3.05) is 55.2 Å². The predicted molar refractivity (Wildman–Crippen MR) is 142 cm³/mol. The molecule has 0 bridgehead atoms. The molecule has 0 aromatic heterocycles. The molecule has 4 atom stereocenters. The zero-order valence-electron chi connectivity index (χ0n) is 23.5. The van der Waals surface area contributed by atoms with Crippen LogP contribution in [0.1, 0.15) is 56.1 Å². The smallest absolute Gasteiger partial charge is 0.327 e. The van der Waals surface area contributed by atoms with E-state index in [1.165, 1.54) is 10.5 Å². The zero-order chi connectivity index (χ0) is 27.2. The fourth-order valence-electron chi connectivity index (χ4n) is 6.97. The van der Waals surface area contributed by atoms with Crippen molar-refractivity contribution in [2.45, 2.75) is 68.5 Å². The molecule has 9 heteroatoms. The molecule has 1 aliphatic carbocycles. The summed E-state index contributed by atoms with van der Waals surface area (Å²) >= 11 is 0. The molecule has 1 amide bonds. The Balaban J connectivity index is 1.58. The van der Waals surface area contributed by atoms with Crippen LogP contribution in [0.25, 0.3) is 0 Å². The van der Waals surface area contributed by atoms with Crippen LogP contribution in [0, 0.1) is 0 Å². The highest BCUT2D eigenvalue weighted by molar-refractivity contribution is 5.89. The molecular formula is C29H41N3O6. The molecule has 38 heavy (non-hydrogen) atoms. The average Bonchev–Trinajstić information content (AvgIpc) is 3.57. The minimum atomic E-state index is -1.08. The van der Waals surface area contributed by atoms with Crippen molar-refractivity contribution in [3.63, 3.8) is 0 Å². The summed E-state index contributed by atoms with van der Waals surface area (Å²) in [5, 5.41) is 0. The maximum absolute atomic E-state index is 14.2. The van der Waals surface area contributed by atoms with Crippen molar-refractivity contribution in [3.8, 4) is 11.5 Å². The quantitative estimate of drug-likeness (QED) is 0.478. The molecule has 0 unspecified atom stereocenters.